The summed E-state index contributed by atoms with van der Waals surface area (Å²) in [5.41, 5.74) is 2.48. The maximum Gasteiger partial charge on any atom is 0.271 e. The van der Waals surface area contributed by atoms with E-state index in [4.69, 9.17) is 11.4 Å². The van der Waals surface area contributed by atoms with Crippen LogP contribution in [0.4, 0.5) is 4.39 Å². The Labute approximate surface area is 177 Å². The predicted molar refractivity (Wildman–Crippen MR) is 114 cm³/mol. The van der Waals surface area contributed by atoms with Crippen LogP contribution in [0.1, 0.15) is 16.3 Å². The topological polar surface area (TPSA) is 85.9 Å². The summed E-state index contributed by atoms with van der Waals surface area (Å²) < 4.78 is 13.4. The Balaban J connectivity index is 1.66. The van der Waals surface area contributed by atoms with E-state index in [2.05, 4.69) is 31.4 Å². The van der Waals surface area contributed by atoms with Gasteiger partial charge in [-0.25, -0.2) is 14.4 Å². The van der Waals surface area contributed by atoms with Gasteiger partial charge in [-0.15, -0.1) is 17.8 Å². The first kappa shape index (κ1) is 20.2. The summed E-state index contributed by atoms with van der Waals surface area (Å²) in [5.74, 6) is 2.55. The molecule has 1 saturated heterocycles. The molecule has 0 aliphatic carbocycles. The van der Waals surface area contributed by atoms with E-state index in [0.717, 1.165) is 37.6 Å². The fourth-order valence-electron chi connectivity index (χ4n) is 3.26. The first-order chi connectivity index (χ1) is 14.6. The number of aromatic amines is 1. The standard InChI is InChI=1S/C21H21FN6OS/c1-2-7-24-20(29)16-13-30-21(25-16)19-18(14-3-5-15(22)6-4-14)26-17(27-19)12-28-10-8-23-9-11-28/h1,3-6,13,23H,7-12H2,(H,24,29)(H,26,27). The van der Waals surface area contributed by atoms with Crippen molar-refractivity contribution in [1.82, 2.24) is 30.5 Å². The number of rotatable bonds is 6. The maximum atomic E-state index is 13.4. The van der Waals surface area contributed by atoms with Crippen molar-refractivity contribution in [1.29, 1.82) is 0 Å². The van der Waals surface area contributed by atoms with Gasteiger partial charge in [-0.3, -0.25) is 9.69 Å². The van der Waals surface area contributed by atoms with Crippen molar-refractivity contribution in [3.63, 3.8) is 0 Å². The van der Waals surface area contributed by atoms with Gasteiger partial charge < -0.3 is 15.6 Å². The van der Waals surface area contributed by atoms with Crippen LogP contribution in [0.5, 0.6) is 0 Å². The molecule has 0 unspecified atom stereocenters. The van der Waals surface area contributed by atoms with Crippen molar-refractivity contribution < 1.29 is 9.18 Å². The molecule has 3 heterocycles. The van der Waals surface area contributed by atoms with Crippen LogP contribution in [-0.2, 0) is 6.54 Å². The van der Waals surface area contributed by atoms with Crippen LogP contribution < -0.4 is 10.6 Å². The summed E-state index contributed by atoms with van der Waals surface area (Å²) in [4.78, 5) is 27.1. The molecular weight excluding hydrogens is 403 g/mol. The van der Waals surface area contributed by atoms with E-state index in [9.17, 15) is 9.18 Å². The summed E-state index contributed by atoms with van der Waals surface area (Å²) in [5, 5.41) is 8.28. The van der Waals surface area contributed by atoms with E-state index in [0.29, 0.717) is 28.6 Å². The van der Waals surface area contributed by atoms with E-state index in [1.807, 2.05) is 0 Å². The quantitative estimate of drug-likeness (QED) is 0.528. The molecule has 7 nitrogen and oxygen atoms in total. The molecule has 1 fully saturated rings. The van der Waals surface area contributed by atoms with E-state index in [-0.39, 0.29) is 18.3 Å². The Morgan fingerprint density at radius 1 is 1.27 bits per heavy atom. The molecule has 2 aromatic heterocycles. The number of carbonyl (C=O) groups is 1. The Hall–Kier alpha value is -3.06. The van der Waals surface area contributed by atoms with Crippen LogP contribution in [0.2, 0.25) is 0 Å². The van der Waals surface area contributed by atoms with E-state index in [1.54, 1.807) is 17.5 Å². The van der Waals surface area contributed by atoms with Crippen molar-refractivity contribution in [3.8, 4) is 34.3 Å². The zero-order chi connectivity index (χ0) is 20.9. The molecule has 9 heteroatoms. The van der Waals surface area contributed by atoms with Crippen LogP contribution in [0, 0.1) is 18.2 Å². The second-order valence-electron chi connectivity index (χ2n) is 6.86. The van der Waals surface area contributed by atoms with Crippen LogP contribution in [0.15, 0.2) is 29.6 Å². The lowest BCUT2D eigenvalue weighted by Crippen LogP contribution is -2.43. The summed E-state index contributed by atoms with van der Waals surface area (Å²) in [6, 6.07) is 6.20. The molecule has 3 aromatic rings. The van der Waals surface area contributed by atoms with Gasteiger partial charge in [-0.2, -0.15) is 0 Å². The predicted octanol–water partition coefficient (Wildman–Crippen LogP) is 2.11. The molecule has 0 spiro atoms. The van der Waals surface area contributed by atoms with E-state index >= 15 is 0 Å². The fourth-order valence-corrected chi connectivity index (χ4v) is 4.06. The number of halogens is 1. The second kappa shape index (κ2) is 9.17. The summed E-state index contributed by atoms with van der Waals surface area (Å²) >= 11 is 1.34. The molecule has 3 N–H and O–H groups in total. The molecule has 1 aliphatic rings. The average molecular weight is 425 g/mol. The zero-order valence-electron chi connectivity index (χ0n) is 16.2. The van der Waals surface area contributed by atoms with Crippen LogP contribution in [0.3, 0.4) is 0 Å². The number of amides is 1. The Morgan fingerprint density at radius 3 is 2.77 bits per heavy atom. The lowest BCUT2D eigenvalue weighted by Gasteiger charge is -2.26. The van der Waals surface area contributed by atoms with Gasteiger partial charge in [0.15, 0.2) is 0 Å². The number of H-pyrrole nitrogens is 1. The lowest BCUT2D eigenvalue weighted by molar-refractivity contribution is 0.0954. The van der Waals surface area contributed by atoms with Crippen LogP contribution in [0.25, 0.3) is 22.0 Å². The fraction of sp³-hybridized carbons (Fsp3) is 0.286. The van der Waals surface area contributed by atoms with E-state index < -0.39 is 0 Å². The SMILES string of the molecule is C#CCNC(=O)c1csc(-c2[nH]c(CN3CCNCC3)nc2-c2ccc(F)cc2)n1. The molecule has 0 atom stereocenters. The third kappa shape index (κ3) is 4.57. The molecule has 0 radical (unpaired) electrons. The summed E-state index contributed by atoms with van der Waals surface area (Å²) in [7, 11) is 0. The maximum absolute atomic E-state index is 13.4. The molecule has 154 valence electrons. The third-order valence-corrected chi connectivity index (χ3v) is 5.61. The number of benzene rings is 1. The number of nitrogens with one attached hydrogen (secondary N) is 3. The Morgan fingerprint density at radius 2 is 2.03 bits per heavy atom. The minimum Gasteiger partial charge on any atom is -0.340 e. The van der Waals surface area contributed by atoms with Crippen molar-refractivity contribution in [3.05, 3.63) is 47.0 Å². The second-order valence-corrected chi connectivity index (χ2v) is 7.72. The molecule has 1 amide bonds. The van der Waals surface area contributed by atoms with E-state index in [1.165, 1.54) is 23.5 Å². The number of thiazole rings is 1. The monoisotopic (exact) mass is 424 g/mol. The van der Waals surface area contributed by atoms with Crippen LogP contribution >= 0.6 is 11.3 Å². The Kier molecular flexibility index (Phi) is 6.18. The van der Waals surface area contributed by atoms with Gasteiger partial charge in [-0.1, -0.05) is 5.92 Å². The lowest BCUT2D eigenvalue weighted by atomic mass is 10.1. The average Bonchev–Trinajstić information content (AvgIpc) is 3.41. The first-order valence-corrected chi connectivity index (χ1v) is 10.5. The highest BCUT2D eigenvalue weighted by Gasteiger charge is 2.20. The van der Waals surface area contributed by atoms with Gasteiger partial charge >= 0.3 is 0 Å². The number of hydrogen-bond donors (Lipinski definition) is 3. The largest absolute Gasteiger partial charge is 0.340 e. The number of carbonyl (C=O) groups excluding carboxylic acids is 1. The van der Waals surface area contributed by atoms with Crippen molar-refractivity contribution >= 4 is 17.2 Å². The Bertz CT molecular complexity index is 1060. The van der Waals surface area contributed by atoms with Crippen molar-refractivity contribution in [2.75, 3.05) is 32.7 Å². The normalized spacial score (nSPS) is 14.4. The number of aromatic nitrogens is 3. The van der Waals surface area contributed by atoms with Gasteiger partial charge in [0.05, 0.1) is 18.8 Å². The number of imidazole rings is 1. The highest BCUT2D eigenvalue weighted by Crippen LogP contribution is 2.32. The molecular formula is C21H21FN6OS. The minimum atomic E-state index is -0.320. The van der Waals surface area contributed by atoms with Crippen molar-refractivity contribution in [2.24, 2.45) is 0 Å². The first-order valence-electron chi connectivity index (χ1n) is 9.59. The summed E-state index contributed by atoms with van der Waals surface area (Å²) in [6.07, 6.45) is 5.20. The highest BCUT2D eigenvalue weighted by atomic mass is 32.1. The minimum absolute atomic E-state index is 0.144. The summed E-state index contributed by atoms with van der Waals surface area (Å²) in [6.45, 7) is 4.60. The molecule has 0 saturated carbocycles. The third-order valence-electron chi connectivity index (χ3n) is 4.76. The van der Waals surface area contributed by atoms with Gasteiger partial charge in [0.25, 0.3) is 5.91 Å². The van der Waals surface area contributed by atoms with Gasteiger partial charge in [0.2, 0.25) is 0 Å². The molecule has 1 aliphatic heterocycles. The van der Waals surface area contributed by atoms with Gasteiger partial charge in [0.1, 0.15) is 28.0 Å². The number of hydrogen-bond acceptors (Lipinski definition) is 6. The zero-order valence-corrected chi connectivity index (χ0v) is 17.1. The van der Waals surface area contributed by atoms with Gasteiger partial charge in [-0.05, 0) is 24.3 Å². The molecule has 0 bridgehead atoms. The number of nitrogens with zero attached hydrogens (tertiary/aromatic N) is 3. The number of terminal acetylenes is 1. The molecule has 1 aromatic carbocycles. The smallest absolute Gasteiger partial charge is 0.271 e. The number of piperazine rings is 1. The van der Waals surface area contributed by atoms with Crippen LogP contribution in [-0.4, -0.2) is 58.5 Å². The molecule has 4 rings (SSSR count). The van der Waals surface area contributed by atoms with Crippen molar-refractivity contribution in [2.45, 2.75) is 6.54 Å². The van der Waals surface area contributed by atoms with Gasteiger partial charge in [0, 0.05) is 37.1 Å². The highest BCUT2D eigenvalue weighted by molar-refractivity contribution is 7.13. The molecule has 30 heavy (non-hydrogen) atoms.